The molecule has 1 aromatic carbocycles. The highest BCUT2D eigenvalue weighted by molar-refractivity contribution is 6.02. The van der Waals surface area contributed by atoms with Gasteiger partial charge in [0.25, 0.3) is 5.69 Å². The van der Waals surface area contributed by atoms with E-state index in [9.17, 15) is 10.1 Å². The normalized spacial score (nSPS) is 10.5. The molecule has 76 valence electrons. The topological polar surface area (TPSA) is 124 Å². The van der Waals surface area contributed by atoms with Gasteiger partial charge >= 0.3 is 0 Å². The summed E-state index contributed by atoms with van der Waals surface area (Å²) in [6, 6.07) is 5.49. The van der Waals surface area contributed by atoms with Gasteiger partial charge in [0.05, 0.1) is 10.5 Å². The molecule has 15 heavy (non-hydrogen) atoms. The van der Waals surface area contributed by atoms with E-state index in [-0.39, 0.29) is 11.3 Å². The summed E-state index contributed by atoms with van der Waals surface area (Å²) in [5, 5.41) is 24.8. The Bertz CT molecular complexity index is 463. The van der Waals surface area contributed by atoms with Crippen LogP contribution in [0.15, 0.2) is 34.5 Å². The second-order valence-electron chi connectivity index (χ2n) is 2.39. The second kappa shape index (κ2) is 4.58. The maximum absolute atomic E-state index is 10.6. The van der Waals surface area contributed by atoms with E-state index < -0.39 is 10.8 Å². The van der Waals surface area contributed by atoms with Gasteiger partial charge in [-0.3, -0.25) is 10.1 Å². The fraction of sp³-hybridized carbons (Fsp3) is 0. The van der Waals surface area contributed by atoms with Crippen LogP contribution < -0.4 is 0 Å². The predicted octanol–water partition coefficient (Wildman–Crippen LogP) is 2.04. The zero-order valence-corrected chi connectivity index (χ0v) is 7.31. The fourth-order valence-electron chi connectivity index (χ4n) is 0.992. The first-order chi connectivity index (χ1) is 7.20. The number of azide groups is 1. The number of rotatable bonds is 2. The number of nitro benzene ring substituents is 1. The van der Waals surface area contributed by atoms with Crippen LogP contribution in [0.25, 0.3) is 10.4 Å². The van der Waals surface area contributed by atoms with E-state index in [1.807, 2.05) is 0 Å². The Morgan fingerprint density at radius 2 is 2.20 bits per heavy atom. The maximum atomic E-state index is 10.6. The number of para-hydroxylation sites is 1. The van der Waals surface area contributed by atoms with Crippen LogP contribution in [-0.4, -0.2) is 16.0 Å². The lowest BCUT2D eigenvalue weighted by Gasteiger charge is -1.98. The minimum Gasteiger partial charge on any atom is -0.410 e. The van der Waals surface area contributed by atoms with Crippen molar-refractivity contribution in [3.8, 4) is 0 Å². The van der Waals surface area contributed by atoms with Crippen LogP contribution in [0.1, 0.15) is 5.56 Å². The molecule has 0 bridgehead atoms. The van der Waals surface area contributed by atoms with Crippen molar-refractivity contribution in [2.75, 3.05) is 0 Å². The van der Waals surface area contributed by atoms with Gasteiger partial charge in [0.2, 0.25) is 0 Å². The largest absolute Gasteiger partial charge is 0.410 e. The fourth-order valence-corrected chi connectivity index (χ4v) is 0.992. The third-order valence-electron chi connectivity index (χ3n) is 1.58. The van der Waals surface area contributed by atoms with E-state index in [2.05, 4.69) is 15.2 Å². The highest BCUT2D eigenvalue weighted by Crippen LogP contribution is 2.18. The Kier molecular flexibility index (Phi) is 3.20. The van der Waals surface area contributed by atoms with E-state index in [1.54, 1.807) is 0 Å². The van der Waals surface area contributed by atoms with Gasteiger partial charge in [0.1, 0.15) is 0 Å². The molecule has 0 atom stereocenters. The first-order valence-electron chi connectivity index (χ1n) is 3.71. The Labute approximate surface area is 83.2 Å². The summed E-state index contributed by atoms with van der Waals surface area (Å²) in [5.41, 5.74) is 7.82. The molecule has 0 aliphatic heterocycles. The summed E-state index contributed by atoms with van der Waals surface area (Å²) < 4.78 is 0. The van der Waals surface area contributed by atoms with Crippen LogP contribution in [0.2, 0.25) is 0 Å². The van der Waals surface area contributed by atoms with Crippen molar-refractivity contribution in [3.05, 3.63) is 50.4 Å². The minimum atomic E-state index is -0.659. The second-order valence-corrected chi connectivity index (χ2v) is 2.39. The maximum Gasteiger partial charge on any atom is 0.278 e. The average Bonchev–Trinajstić information content (AvgIpc) is 2.26. The van der Waals surface area contributed by atoms with Crippen LogP contribution in [-0.2, 0) is 0 Å². The van der Waals surface area contributed by atoms with Gasteiger partial charge in [-0.2, -0.15) is 0 Å². The Morgan fingerprint density at radius 3 is 2.73 bits per heavy atom. The Balaban J connectivity index is 3.35. The van der Waals surface area contributed by atoms with E-state index in [0.717, 1.165) is 0 Å². The first-order valence-corrected chi connectivity index (χ1v) is 3.71. The third kappa shape index (κ3) is 2.20. The quantitative estimate of drug-likeness (QED) is 0.116. The molecule has 0 saturated heterocycles. The summed E-state index contributed by atoms with van der Waals surface area (Å²) in [5.74, 6) is -0.440. The van der Waals surface area contributed by atoms with Crippen LogP contribution >= 0.6 is 0 Å². The van der Waals surface area contributed by atoms with Gasteiger partial charge in [-0.1, -0.05) is 17.3 Å². The molecule has 8 nitrogen and oxygen atoms in total. The SMILES string of the molecule is [N-]=[N+]=N/C(=N\O)c1ccccc1[N+](=O)[O-]. The molecule has 0 aliphatic carbocycles. The molecule has 0 fully saturated rings. The average molecular weight is 207 g/mol. The molecule has 0 amide bonds. The lowest BCUT2D eigenvalue weighted by atomic mass is 10.1. The Morgan fingerprint density at radius 1 is 1.53 bits per heavy atom. The van der Waals surface area contributed by atoms with E-state index in [0.29, 0.717) is 0 Å². The van der Waals surface area contributed by atoms with Gasteiger partial charge in [-0.25, -0.2) is 0 Å². The highest BCUT2D eigenvalue weighted by atomic mass is 16.6. The lowest BCUT2D eigenvalue weighted by molar-refractivity contribution is -0.385. The van der Waals surface area contributed by atoms with Gasteiger partial charge in [-0.05, 0) is 16.7 Å². The molecule has 0 unspecified atom stereocenters. The number of nitro groups is 1. The minimum absolute atomic E-state index is 0.0391. The van der Waals surface area contributed by atoms with Crippen molar-refractivity contribution in [1.29, 1.82) is 0 Å². The van der Waals surface area contributed by atoms with Crippen molar-refractivity contribution in [2.45, 2.75) is 0 Å². The van der Waals surface area contributed by atoms with Gasteiger partial charge in [0, 0.05) is 11.0 Å². The summed E-state index contributed by atoms with van der Waals surface area (Å²) >= 11 is 0. The third-order valence-corrected chi connectivity index (χ3v) is 1.58. The lowest BCUT2D eigenvalue weighted by Crippen LogP contribution is -2.01. The van der Waals surface area contributed by atoms with E-state index in [1.165, 1.54) is 24.3 Å². The summed E-state index contributed by atoms with van der Waals surface area (Å²) in [7, 11) is 0. The van der Waals surface area contributed by atoms with Crippen molar-refractivity contribution >= 4 is 11.5 Å². The standard InChI is InChI=1S/C7H5N5O3/c8-11-9-7(10-13)5-3-1-2-4-6(5)12(14)15/h1-4,13H/b10-7-. The van der Waals surface area contributed by atoms with Crippen molar-refractivity contribution in [3.63, 3.8) is 0 Å². The molecule has 1 aromatic rings. The number of nitrogens with zero attached hydrogens (tertiary/aromatic N) is 5. The zero-order valence-electron chi connectivity index (χ0n) is 7.31. The molecule has 0 aromatic heterocycles. The molecule has 0 aliphatic rings. The molecule has 0 spiro atoms. The van der Waals surface area contributed by atoms with Crippen molar-refractivity contribution in [1.82, 2.24) is 0 Å². The van der Waals surface area contributed by atoms with Crippen LogP contribution in [0.5, 0.6) is 0 Å². The molecule has 0 heterocycles. The van der Waals surface area contributed by atoms with Crippen LogP contribution in [0.4, 0.5) is 5.69 Å². The monoisotopic (exact) mass is 207 g/mol. The van der Waals surface area contributed by atoms with Crippen molar-refractivity contribution < 1.29 is 10.1 Å². The number of benzene rings is 1. The smallest absolute Gasteiger partial charge is 0.278 e. The molecule has 1 N–H and O–H groups in total. The number of hydrogen-bond acceptors (Lipinski definition) is 4. The first kappa shape index (κ1) is 10.5. The molecule has 0 radical (unpaired) electrons. The van der Waals surface area contributed by atoms with Gasteiger partial charge in [0.15, 0.2) is 5.84 Å². The van der Waals surface area contributed by atoms with E-state index >= 15 is 0 Å². The molecule has 8 heteroatoms. The molecule has 1 rings (SSSR count). The van der Waals surface area contributed by atoms with Gasteiger partial charge < -0.3 is 5.21 Å². The molecular formula is C7H5N5O3. The Hall–Kier alpha value is -2.60. The number of oxime groups is 1. The highest BCUT2D eigenvalue weighted by Gasteiger charge is 2.16. The summed E-state index contributed by atoms with van der Waals surface area (Å²) in [6.07, 6.45) is 0. The molecular weight excluding hydrogens is 202 g/mol. The van der Waals surface area contributed by atoms with E-state index in [4.69, 9.17) is 10.7 Å². The predicted molar refractivity (Wildman–Crippen MR) is 50.6 cm³/mol. The van der Waals surface area contributed by atoms with Gasteiger partial charge in [-0.15, -0.1) is 0 Å². The number of hydrogen-bond donors (Lipinski definition) is 1. The molecule has 0 saturated carbocycles. The van der Waals surface area contributed by atoms with Crippen LogP contribution in [0, 0.1) is 10.1 Å². The van der Waals surface area contributed by atoms with Crippen LogP contribution in [0.3, 0.4) is 0 Å². The van der Waals surface area contributed by atoms with Crippen molar-refractivity contribution in [2.24, 2.45) is 10.3 Å². The summed E-state index contributed by atoms with van der Waals surface area (Å²) in [6.45, 7) is 0. The summed E-state index contributed by atoms with van der Waals surface area (Å²) in [4.78, 5) is 12.3. The zero-order chi connectivity index (χ0) is 11.3. The number of amidine groups is 1.